The van der Waals surface area contributed by atoms with Crippen LogP contribution < -0.4 is 0 Å². The second-order valence-electron chi connectivity index (χ2n) is 8.79. The Morgan fingerprint density at radius 3 is 2.45 bits per heavy atom. The molecule has 2 nitrogen and oxygen atoms in total. The number of furan rings is 1. The van der Waals surface area contributed by atoms with Crippen molar-refractivity contribution in [3.8, 4) is 0 Å². The third-order valence-corrected chi connectivity index (χ3v) is 6.35. The van der Waals surface area contributed by atoms with Crippen LogP contribution >= 0.6 is 0 Å². The third kappa shape index (κ3) is 1.88. The second kappa shape index (κ2) is 3.91. The monoisotopic (exact) mass is 274 g/mol. The Morgan fingerprint density at radius 2 is 1.90 bits per heavy atom. The Kier molecular flexibility index (Phi) is 2.53. The summed E-state index contributed by atoms with van der Waals surface area (Å²) in [7, 11) is 0. The Hall–Kier alpha value is -0.760. The van der Waals surface area contributed by atoms with Gasteiger partial charge in [-0.3, -0.25) is 0 Å². The van der Waals surface area contributed by atoms with E-state index >= 15 is 0 Å². The molecule has 110 valence electrons. The molecule has 0 spiro atoms. The topological polar surface area (TPSA) is 33.4 Å². The summed E-state index contributed by atoms with van der Waals surface area (Å²) >= 11 is 0. The highest BCUT2D eigenvalue weighted by Gasteiger charge is 2.62. The summed E-state index contributed by atoms with van der Waals surface area (Å²) in [5, 5.41) is 11.0. The van der Waals surface area contributed by atoms with Gasteiger partial charge in [-0.05, 0) is 72.8 Å². The fourth-order valence-corrected chi connectivity index (χ4v) is 6.74. The first kappa shape index (κ1) is 12.9. The van der Waals surface area contributed by atoms with Gasteiger partial charge in [-0.2, -0.15) is 0 Å². The minimum Gasteiger partial charge on any atom is -0.469 e. The van der Waals surface area contributed by atoms with Crippen LogP contribution in [0.4, 0.5) is 0 Å². The fraction of sp³-hybridized carbons (Fsp3) is 0.778. The average molecular weight is 274 g/mol. The van der Waals surface area contributed by atoms with Gasteiger partial charge in [0.15, 0.2) is 0 Å². The quantitative estimate of drug-likeness (QED) is 0.897. The van der Waals surface area contributed by atoms with Gasteiger partial charge in [0, 0.05) is 6.42 Å². The summed E-state index contributed by atoms with van der Waals surface area (Å²) in [6.45, 7) is 4.92. The SMILES string of the molecule is CC12CC3CC(C)(C1)CC(C(O)Cc1ccco1)(C3)C2. The van der Waals surface area contributed by atoms with E-state index in [4.69, 9.17) is 4.42 Å². The largest absolute Gasteiger partial charge is 0.469 e. The molecule has 1 heterocycles. The summed E-state index contributed by atoms with van der Waals surface area (Å²) in [4.78, 5) is 0. The Balaban J connectivity index is 1.63. The summed E-state index contributed by atoms with van der Waals surface area (Å²) in [5.41, 5.74) is 1.09. The van der Waals surface area contributed by atoms with Crippen molar-refractivity contribution >= 4 is 0 Å². The number of hydrogen-bond donors (Lipinski definition) is 1. The Labute approximate surface area is 121 Å². The van der Waals surface area contributed by atoms with Crippen molar-refractivity contribution in [2.24, 2.45) is 22.2 Å². The summed E-state index contributed by atoms with van der Waals surface area (Å²) in [5.74, 6) is 1.77. The molecule has 3 atom stereocenters. The molecule has 4 saturated carbocycles. The third-order valence-electron chi connectivity index (χ3n) is 6.35. The van der Waals surface area contributed by atoms with E-state index in [2.05, 4.69) is 13.8 Å². The molecule has 4 aliphatic carbocycles. The molecule has 0 amide bonds. The Bertz CT molecular complexity index is 485. The van der Waals surface area contributed by atoms with E-state index in [-0.39, 0.29) is 11.5 Å². The van der Waals surface area contributed by atoms with E-state index < -0.39 is 0 Å². The van der Waals surface area contributed by atoms with E-state index in [9.17, 15) is 5.11 Å². The molecule has 3 unspecified atom stereocenters. The van der Waals surface area contributed by atoms with E-state index in [1.807, 2.05) is 12.1 Å². The van der Waals surface area contributed by atoms with E-state index in [1.165, 1.54) is 38.5 Å². The van der Waals surface area contributed by atoms with Crippen molar-refractivity contribution in [3.63, 3.8) is 0 Å². The predicted molar refractivity (Wildman–Crippen MR) is 78.3 cm³/mol. The van der Waals surface area contributed by atoms with E-state index in [0.29, 0.717) is 17.3 Å². The van der Waals surface area contributed by atoms with Crippen LogP contribution in [0.3, 0.4) is 0 Å². The molecule has 20 heavy (non-hydrogen) atoms. The fourth-order valence-electron chi connectivity index (χ4n) is 6.74. The number of aliphatic hydroxyl groups excluding tert-OH is 1. The molecule has 4 fully saturated rings. The second-order valence-corrected chi connectivity index (χ2v) is 8.79. The molecule has 0 saturated heterocycles. The molecule has 1 aromatic heterocycles. The molecule has 4 bridgehead atoms. The maximum Gasteiger partial charge on any atom is 0.106 e. The van der Waals surface area contributed by atoms with Gasteiger partial charge in [0.25, 0.3) is 0 Å². The first-order valence-corrected chi connectivity index (χ1v) is 8.11. The predicted octanol–water partition coefficient (Wildman–Crippen LogP) is 4.18. The lowest BCUT2D eigenvalue weighted by Gasteiger charge is -2.66. The minimum atomic E-state index is -0.240. The van der Waals surface area contributed by atoms with E-state index in [0.717, 1.165) is 11.7 Å². The lowest BCUT2D eigenvalue weighted by atomic mass is 9.39. The highest BCUT2D eigenvalue weighted by Crippen LogP contribution is 2.70. The van der Waals surface area contributed by atoms with Crippen molar-refractivity contribution in [2.75, 3.05) is 0 Å². The number of rotatable bonds is 3. The van der Waals surface area contributed by atoms with Gasteiger partial charge in [-0.25, -0.2) is 0 Å². The van der Waals surface area contributed by atoms with Crippen molar-refractivity contribution in [1.82, 2.24) is 0 Å². The van der Waals surface area contributed by atoms with Gasteiger partial charge in [-0.1, -0.05) is 13.8 Å². The summed E-state index contributed by atoms with van der Waals surface area (Å²) in [6, 6.07) is 3.91. The average Bonchev–Trinajstić information content (AvgIpc) is 2.76. The highest BCUT2D eigenvalue weighted by molar-refractivity contribution is 5.14. The van der Waals surface area contributed by atoms with Crippen molar-refractivity contribution < 1.29 is 9.52 Å². The van der Waals surface area contributed by atoms with Crippen molar-refractivity contribution in [3.05, 3.63) is 24.2 Å². The number of hydrogen-bond acceptors (Lipinski definition) is 2. The normalized spacial score (nSPS) is 47.6. The van der Waals surface area contributed by atoms with Crippen molar-refractivity contribution in [2.45, 2.75) is 64.9 Å². The lowest BCUT2D eigenvalue weighted by molar-refractivity contribution is -0.185. The van der Waals surface area contributed by atoms with Gasteiger partial charge in [0.2, 0.25) is 0 Å². The first-order chi connectivity index (χ1) is 9.41. The molecule has 1 N–H and O–H groups in total. The minimum absolute atomic E-state index is 0.149. The van der Waals surface area contributed by atoms with Crippen LogP contribution in [0.25, 0.3) is 0 Å². The van der Waals surface area contributed by atoms with Crippen LogP contribution in [0.15, 0.2) is 22.8 Å². The maximum atomic E-state index is 11.0. The lowest BCUT2D eigenvalue weighted by Crippen LogP contribution is -2.59. The molecule has 2 heteroatoms. The zero-order valence-corrected chi connectivity index (χ0v) is 12.7. The molecule has 0 aliphatic heterocycles. The summed E-state index contributed by atoms with van der Waals surface area (Å²) in [6.07, 6.45) is 9.97. The maximum absolute atomic E-state index is 11.0. The number of aliphatic hydroxyl groups is 1. The van der Waals surface area contributed by atoms with Gasteiger partial charge in [0.05, 0.1) is 12.4 Å². The molecule has 0 radical (unpaired) electrons. The van der Waals surface area contributed by atoms with Gasteiger partial charge >= 0.3 is 0 Å². The standard InChI is InChI=1S/C18H26O2/c1-16-7-13-8-17(2,10-16)12-18(9-13,11-16)15(19)6-14-4-3-5-20-14/h3-5,13,15,19H,6-12H2,1-2H3. The van der Waals surface area contributed by atoms with Gasteiger partial charge in [-0.15, -0.1) is 0 Å². The highest BCUT2D eigenvalue weighted by atomic mass is 16.3. The molecule has 0 aromatic carbocycles. The molecule has 5 rings (SSSR count). The van der Waals surface area contributed by atoms with Crippen LogP contribution in [0.1, 0.15) is 58.1 Å². The van der Waals surface area contributed by atoms with Crippen molar-refractivity contribution in [1.29, 1.82) is 0 Å². The van der Waals surface area contributed by atoms with Crippen LogP contribution in [0, 0.1) is 22.2 Å². The van der Waals surface area contributed by atoms with Crippen LogP contribution in [-0.2, 0) is 6.42 Å². The van der Waals surface area contributed by atoms with E-state index in [1.54, 1.807) is 6.26 Å². The molecule has 1 aromatic rings. The van der Waals surface area contributed by atoms with Gasteiger partial charge in [0.1, 0.15) is 5.76 Å². The van der Waals surface area contributed by atoms with Gasteiger partial charge < -0.3 is 9.52 Å². The molecular formula is C18H26O2. The zero-order valence-electron chi connectivity index (χ0n) is 12.7. The zero-order chi connectivity index (χ0) is 14.0. The molecular weight excluding hydrogens is 248 g/mol. The Morgan fingerprint density at radius 1 is 1.20 bits per heavy atom. The summed E-state index contributed by atoms with van der Waals surface area (Å²) < 4.78 is 5.46. The first-order valence-electron chi connectivity index (χ1n) is 8.11. The smallest absolute Gasteiger partial charge is 0.106 e. The molecule has 4 aliphatic rings. The van der Waals surface area contributed by atoms with Crippen LogP contribution in [-0.4, -0.2) is 11.2 Å². The van der Waals surface area contributed by atoms with Crippen LogP contribution in [0.2, 0.25) is 0 Å². The van der Waals surface area contributed by atoms with Crippen LogP contribution in [0.5, 0.6) is 0 Å².